The van der Waals surface area contributed by atoms with Gasteiger partial charge in [-0.1, -0.05) is 6.57 Å². The minimum absolute atomic E-state index is 0.0121. The van der Waals surface area contributed by atoms with Gasteiger partial charge in [0.05, 0.1) is 7.05 Å². The Hall–Kier alpha value is -15.0. The number of amidine groups is 1. The number of likely N-dealkylation sites (N-methyl/N-ethyl adjacent to an activating group) is 4. The van der Waals surface area contributed by atoms with Crippen LogP contribution in [0.25, 0.3) is 4.85 Å². The summed E-state index contributed by atoms with van der Waals surface area (Å²) in [5.74, 6) is -4.18. The van der Waals surface area contributed by atoms with Crippen molar-refractivity contribution < 1.29 is 75.5 Å². The van der Waals surface area contributed by atoms with Crippen LogP contribution in [0.2, 0.25) is 0 Å². The number of nitriles is 1. The van der Waals surface area contributed by atoms with Crippen molar-refractivity contribution in [3.05, 3.63) is 143 Å². The Bertz CT molecular complexity index is 5450. The van der Waals surface area contributed by atoms with E-state index < -0.39 is 47.3 Å². The summed E-state index contributed by atoms with van der Waals surface area (Å²) < 4.78 is 48.6. The van der Waals surface area contributed by atoms with Gasteiger partial charge in [0.1, 0.15) is 51.2 Å². The lowest BCUT2D eigenvalue weighted by Gasteiger charge is -2.23. The highest BCUT2D eigenvalue weighted by molar-refractivity contribution is 6.04. The van der Waals surface area contributed by atoms with Gasteiger partial charge in [0, 0.05) is 198 Å². The van der Waals surface area contributed by atoms with Crippen molar-refractivity contribution in [1.29, 1.82) is 5.26 Å². The number of rotatable bonds is 12. The number of hydrogen-bond acceptors (Lipinski definition) is 23. The minimum Gasteiger partial charge on any atom is -0.381 e. The maximum atomic E-state index is 12.6. The van der Waals surface area contributed by atoms with Crippen LogP contribution in [0, 0.1) is 18.0 Å². The monoisotopic (exact) mass is 1670 g/mol. The van der Waals surface area contributed by atoms with E-state index >= 15 is 0 Å². The molecule has 8 aromatic heterocycles. The first-order chi connectivity index (χ1) is 56.0. The number of hydrogen-bond donors (Lipinski definition) is 7. The van der Waals surface area contributed by atoms with Crippen LogP contribution in [0.5, 0.6) is 0 Å². The molecule has 120 heavy (non-hydrogen) atoms. The van der Waals surface area contributed by atoms with Gasteiger partial charge in [-0.25, -0.2) is 0 Å². The zero-order valence-electron chi connectivity index (χ0n) is 69.2. The molecule has 1 aliphatic carbocycles. The van der Waals surface area contributed by atoms with Crippen LogP contribution in [-0.2, 0) is 88.2 Å². The number of alkyl halides is 3. The number of aliphatic imine (C=N–C) groups is 1. The van der Waals surface area contributed by atoms with E-state index in [2.05, 4.69) is 55.9 Å². The van der Waals surface area contributed by atoms with E-state index in [9.17, 15) is 75.5 Å². The van der Waals surface area contributed by atoms with E-state index in [-0.39, 0.29) is 93.3 Å². The summed E-state index contributed by atoms with van der Waals surface area (Å²) >= 11 is 0. The van der Waals surface area contributed by atoms with Crippen LogP contribution in [-0.4, -0.2) is 297 Å². The summed E-state index contributed by atoms with van der Waals surface area (Å²) in [7, 11) is 27.7. The molecule has 0 aromatic carbocycles. The lowest BCUT2D eigenvalue weighted by Crippen LogP contribution is -2.35. The Morgan fingerprint density at radius 3 is 1.18 bits per heavy atom. The molecule has 49 heteroatoms. The standard InChI is InChI=1S/C10H12N6O.C10H14N4O2.C9H10F3N3O.C9H12N4O2.C9H14N4O2.C9H10N4O.C8H12N4O2.C7H10N4O2/c1-15-4-3-6-7(9(12)13-5-11)14-16(2)8(6)10(15)17;1-13(6-3-4-6)10(16)8-5-7(9(11)15)12-14(8)2;1-14-4-3-5-6(8(14)16)15(2)13-7(5)9(10,11)12;1-12-4-3-5-6(8(10)14)11-13(2)7(5)9(12)15;1-4-12(2)9(15)7-5-6(8(10)14)11-13(7)3;1-10-8-6-4-5-12(2)9(14)7(6)13(3)11-8;1-11(2)8(14)6-4-5(7(9)13)10-12(6)3;1-9-7(13)5-3-4(6(8)12)10-11(5)2/h3-4H2,1-2H3,(H2,12,13);5-6H,3-4H2,1-2H3,(H2,11,15);3-4H2,1-2H3;3-4H2,1-2H3,(H2,10,14);5H,4H2,1-3H3,(H2,10,14);4-5H2,2-3H3;4H,1-3H3,(H2,9,13);3H,1-2H3,(H2,8,12)(H,9,13). The molecule has 0 saturated heterocycles. The topological polar surface area (TPSA) is 596 Å². The molecule has 13 rings (SSSR count). The van der Waals surface area contributed by atoms with Gasteiger partial charge in [0.15, 0.2) is 40.0 Å². The molecule has 0 bridgehead atoms. The van der Waals surface area contributed by atoms with E-state index in [1.807, 2.05) is 6.92 Å². The average molecular weight is 1670 g/mol. The maximum Gasteiger partial charge on any atom is 0.435 e. The molecule has 0 spiro atoms. The summed E-state index contributed by atoms with van der Waals surface area (Å²) in [5, 5.41) is 41.7. The second-order valence-electron chi connectivity index (χ2n) is 27.5. The van der Waals surface area contributed by atoms with Crippen molar-refractivity contribution in [3.63, 3.8) is 0 Å². The number of halogens is 3. The van der Waals surface area contributed by atoms with Crippen molar-refractivity contribution in [2.75, 3.05) is 96.2 Å². The van der Waals surface area contributed by atoms with Gasteiger partial charge < -0.3 is 78.9 Å². The van der Waals surface area contributed by atoms with Gasteiger partial charge in [0.2, 0.25) is 6.19 Å². The zero-order valence-corrected chi connectivity index (χ0v) is 69.2. The number of carbonyl (C=O) groups is 13. The molecular weight excluding hydrogens is 1580 g/mol. The van der Waals surface area contributed by atoms with Gasteiger partial charge in [-0.2, -0.15) is 63.8 Å². The summed E-state index contributed by atoms with van der Waals surface area (Å²) in [6, 6.07) is 5.89. The van der Waals surface area contributed by atoms with Gasteiger partial charge in [-0.05, 0) is 50.5 Å². The number of nitrogens with two attached hydrogens (primary N) is 6. The van der Waals surface area contributed by atoms with Crippen LogP contribution in [0.3, 0.4) is 0 Å². The number of nitrogens with one attached hydrogen (secondary N) is 1. The van der Waals surface area contributed by atoms with Gasteiger partial charge in [-0.3, -0.25) is 95.1 Å². The maximum absolute atomic E-state index is 12.6. The predicted molar refractivity (Wildman–Crippen MR) is 418 cm³/mol. The largest absolute Gasteiger partial charge is 0.435 e. The fourth-order valence-electron chi connectivity index (χ4n) is 12.0. The fourth-order valence-corrected chi connectivity index (χ4v) is 12.0. The summed E-state index contributed by atoms with van der Waals surface area (Å²) in [6.45, 7) is 11.6. The number of nitrogens with zero attached hydrogens (tertiary/aromatic N) is 26. The van der Waals surface area contributed by atoms with Gasteiger partial charge in [-0.15, -0.1) is 0 Å². The molecule has 0 atom stereocenters. The van der Waals surface area contributed by atoms with Crippen molar-refractivity contribution in [2.45, 2.75) is 57.7 Å². The molecule has 13 amide bonds. The molecule has 0 unspecified atom stereocenters. The fraction of sp³-hybridized carbons (Fsp3) is 0.437. The van der Waals surface area contributed by atoms with Crippen molar-refractivity contribution >= 4 is 88.4 Å². The molecule has 1 saturated carbocycles. The van der Waals surface area contributed by atoms with Gasteiger partial charge >= 0.3 is 6.18 Å². The highest BCUT2D eigenvalue weighted by Gasteiger charge is 2.42. The predicted octanol–water partition coefficient (Wildman–Crippen LogP) is -2.49. The highest BCUT2D eigenvalue weighted by Crippen LogP contribution is 2.35. The Labute approximate surface area is 683 Å². The van der Waals surface area contributed by atoms with E-state index in [0.717, 1.165) is 35.1 Å². The third kappa shape index (κ3) is 21.6. The van der Waals surface area contributed by atoms with E-state index in [0.29, 0.717) is 109 Å². The normalized spacial score (nSPS) is 13.6. The SMILES string of the molecule is CCN(C)C(=O)c1cc(C(N)=O)nn1C.CN(C(=O)c1cc(C(N)=O)nn1C)C1CC1.CN(C)C(=O)c1cc(C(N)=O)nn1C.CN1CCc2c(C(F)(F)F)nn(C)c2C1=O.CN1CCc2c(C(N)=NC#N)nn(C)c2C1=O.CN1CCc2c(C(N)=O)nn(C)c2C1=O.CNC(=O)c1cc(C(N)=O)nn1C.[C-]#[N+]c1nn(C)c2c1CCN(C)C2=O. The molecule has 12 heterocycles. The number of aromatic nitrogens is 16. The molecule has 5 aliphatic rings. The summed E-state index contributed by atoms with van der Waals surface area (Å²) in [5.41, 5.74) is 36.4. The van der Waals surface area contributed by atoms with Crippen LogP contribution in [0.1, 0.15) is 190 Å². The Morgan fingerprint density at radius 1 is 0.492 bits per heavy atom. The third-order valence-corrected chi connectivity index (χ3v) is 18.9. The van der Waals surface area contributed by atoms with Crippen molar-refractivity contribution in [3.8, 4) is 6.19 Å². The van der Waals surface area contributed by atoms with E-state index in [1.165, 1.54) is 85.8 Å². The van der Waals surface area contributed by atoms with E-state index in [4.69, 9.17) is 46.2 Å². The van der Waals surface area contributed by atoms with Crippen LogP contribution < -0.4 is 39.7 Å². The summed E-state index contributed by atoms with van der Waals surface area (Å²) in [6.07, 6.45) is 1.43. The number of amides is 13. The number of carbonyl (C=O) groups excluding carboxylic acids is 13. The highest BCUT2D eigenvalue weighted by atomic mass is 19.4. The molecule has 0 radical (unpaired) electrons. The molecular formula is C71H94F3N33O13. The smallest absolute Gasteiger partial charge is 0.381 e. The van der Waals surface area contributed by atoms with Crippen molar-refractivity contribution in [1.82, 2.24) is 118 Å². The minimum atomic E-state index is -4.50. The van der Waals surface area contributed by atoms with Gasteiger partial charge in [0.25, 0.3) is 82.6 Å². The average Bonchev–Trinajstić information content (AvgIpc) is 1.61. The molecule has 13 N–H and O–H groups in total. The quantitative estimate of drug-likeness (QED) is 0.0288. The third-order valence-electron chi connectivity index (χ3n) is 18.9. The molecule has 642 valence electrons. The lowest BCUT2D eigenvalue weighted by molar-refractivity contribution is -0.142. The second-order valence-corrected chi connectivity index (χ2v) is 27.5. The van der Waals surface area contributed by atoms with Crippen LogP contribution >= 0.6 is 0 Å². The second kappa shape index (κ2) is 39.1. The first-order valence-corrected chi connectivity index (χ1v) is 36.1. The van der Waals surface area contributed by atoms with Crippen molar-refractivity contribution in [2.24, 2.45) is 95.8 Å². The van der Waals surface area contributed by atoms with E-state index in [1.54, 1.807) is 132 Å². The Morgan fingerprint density at radius 2 is 0.825 bits per heavy atom. The molecule has 4 aliphatic heterocycles. The lowest BCUT2D eigenvalue weighted by atomic mass is 10.0. The zero-order chi connectivity index (χ0) is 90.5. The first-order valence-electron chi connectivity index (χ1n) is 36.1. The summed E-state index contributed by atoms with van der Waals surface area (Å²) in [4.78, 5) is 166. The molecule has 46 nitrogen and oxygen atoms in total. The number of fused-ring (bicyclic) bond motifs is 4. The van der Waals surface area contributed by atoms with Crippen LogP contribution in [0.15, 0.2) is 29.3 Å². The molecule has 8 aromatic rings. The Kier molecular flexibility index (Phi) is 30.6. The first kappa shape index (κ1) is 93.9. The number of aryl methyl sites for hydroxylation is 8. The van der Waals surface area contributed by atoms with Crippen LogP contribution in [0.4, 0.5) is 19.0 Å². The number of primary amides is 5. The Balaban J connectivity index is 0.000000213. The molecule has 1 fully saturated rings.